The normalized spacial score (nSPS) is 11.8. The molecule has 7 heteroatoms. The van der Waals surface area contributed by atoms with E-state index in [0.29, 0.717) is 16.9 Å². The van der Waals surface area contributed by atoms with Gasteiger partial charge in [0.05, 0.1) is 16.5 Å². The largest absolute Gasteiger partial charge is 0.460 e. The summed E-state index contributed by atoms with van der Waals surface area (Å²) in [5.74, 6) is 0.259. The van der Waals surface area contributed by atoms with Gasteiger partial charge < -0.3 is 14.7 Å². The molecule has 0 atom stereocenters. The number of pyridine rings is 1. The predicted octanol–water partition coefficient (Wildman–Crippen LogP) is 4.57. The van der Waals surface area contributed by atoms with E-state index in [1.807, 2.05) is 63.3 Å². The lowest BCUT2D eigenvalue weighted by molar-refractivity contribution is -0.154. The highest BCUT2D eigenvalue weighted by Gasteiger charge is 2.22. The molecular weight excluding hydrogens is 404 g/mol. The number of hydrogen-bond donors (Lipinski definition) is 2. The maximum absolute atomic E-state index is 12.2. The minimum Gasteiger partial charge on any atom is -0.460 e. The third kappa shape index (κ3) is 4.83. The SMILES string of the molecule is CC(C)(C)C(=O)OCc1ccc(C=Cc2cc(-c3nc4[nH]ccc4c(=O)[nH]3)ccn2)cc1. The van der Waals surface area contributed by atoms with Crippen molar-refractivity contribution in [3.8, 4) is 11.4 Å². The van der Waals surface area contributed by atoms with E-state index >= 15 is 0 Å². The average Bonchev–Trinajstić information content (AvgIpc) is 3.26. The van der Waals surface area contributed by atoms with Crippen LogP contribution in [-0.2, 0) is 16.1 Å². The molecule has 3 heterocycles. The molecule has 162 valence electrons. The zero-order valence-corrected chi connectivity index (χ0v) is 18.2. The molecule has 0 saturated heterocycles. The molecule has 7 nitrogen and oxygen atoms in total. The summed E-state index contributed by atoms with van der Waals surface area (Å²) >= 11 is 0. The molecule has 0 unspecified atom stereocenters. The Hall–Kier alpha value is -4.00. The number of ether oxygens (including phenoxy) is 1. The van der Waals surface area contributed by atoms with Crippen LogP contribution in [0.5, 0.6) is 0 Å². The van der Waals surface area contributed by atoms with Crippen LogP contribution in [0.2, 0.25) is 0 Å². The number of nitrogens with one attached hydrogen (secondary N) is 2. The van der Waals surface area contributed by atoms with E-state index < -0.39 is 5.41 Å². The van der Waals surface area contributed by atoms with Crippen LogP contribution in [0.1, 0.15) is 37.6 Å². The standard InChI is InChI=1S/C25H24N4O3/c1-25(2,3)24(31)32-15-17-6-4-16(5-7-17)8-9-19-14-18(10-12-26-19)21-28-22-20(11-13-27-22)23(30)29-21/h4-14H,15H2,1-3H3,(H2,27,28,29,30). The molecule has 0 aliphatic heterocycles. The van der Waals surface area contributed by atoms with Crippen LogP contribution in [0.25, 0.3) is 34.6 Å². The second-order valence-electron chi connectivity index (χ2n) is 8.52. The lowest BCUT2D eigenvalue weighted by Gasteiger charge is -2.16. The van der Waals surface area contributed by atoms with Gasteiger partial charge in [-0.05, 0) is 56.2 Å². The molecule has 0 radical (unpaired) electrons. The highest BCUT2D eigenvalue weighted by Crippen LogP contribution is 2.19. The Kier molecular flexibility index (Phi) is 5.73. The Balaban J connectivity index is 1.47. The molecule has 3 aromatic heterocycles. The first-order valence-corrected chi connectivity index (χ1v) is 10.3. The van der Waals surface area contributed by atoms with E-state index in [2.05, 4.69) is 19.9 Å². The molecule has 0 aliphatic carbocycles. The number of fused-ring (bicyclic) bond motifs is 1. The molecule has 32 heavy (non-hydrogen) atoms. The molecule has 1 aromatic carbocycles. The zero-order valence-electron chi connectivity index (χ0n) is 18.2. The van der Waals surface area contributed by atoms with Gasteiger partial charge in [-0.15, -0.1) is 0 Å². The van der Waals surface area contributed by atoms with Gasteiger partial charge in [-0.25, -0.2) is 4.98 Å². The number of rotatable bonds is 5. The Morgan fingerprint density at radius 2 is 1.88 bits per heavy atom. The van der Waals surface area contributed by atoms with Crippen LogP contribution in [-0.4, -0.2) is 25.9 Å². The number of nitrogens with zero attached hydrogens (tertiary/aromatic N) is 2. The fourth-order valence-electron chi connectivity index (χ4n) is 3.05. The topological polar surface area (TPSA) is 101 Å². The number of aromatic nitrogens is 4. The summed E-state index contributed by atoms with van der Waals surface area (Å²) in [6.45, 7) is 5.75. The lowest BCUT2D eigenvalue weighted by Crippen LogP contribution is -2.22. The van der Waals surface area contributed by atoms with Crippen LogP contribution in [0.4, 0.5) is 0 Å². The maximum Gasteiger partial charge on any atom is 0.311 e. The van der Waals surface area contributed by atoms with Crippen LogP contribution in [0, 0.1) is 5.41 Å². The van der Waals surface area contributed by atoms with Crippen molar-refractivity contribution < 1.29 is 9.53 Å². The second kappa shape index (κ2) is 8.63. The van der Waals surface area contributed by atoms with Crippen LogP contribution in [0.3, 0.4) is 0 Å². The van der Waals surface area contributed by atoms with Gasteiger partial charge in [-0.2, -0.15) is 0 Å². The maximum atomic E-state index is 12.2. The van der Waals surface area contributed by atoms with Crippen molar-refractivity contribution in [1.29, 1.82) is 0 Å². The van der Waals surface area contributed by atoms with Crippen molar-refractivity contribution in [3.05, 3.63) is 82.0 Å². The first-order valence-electron chi connectivity index (χ1n) is 10.3. The third-order valence-corrected chi connectivity index (χ3v) is 4.89. The van der Waals surface area contributed by atoms with Crippen molar-refractivity contribution in [2.45, 2.75) is 27.4 Å². The number of hydrogen-bond acceptors (Lipinski definition) is 5. The summed E-state index contributed by atoms with van der Waals surface area (Å²) in [6, 6.07) is 13.1. The van der Waals surface area contributed by atoms with Gasteiger partial charge in [-0.3, -0.25) is 14.6 Å². The minimum atomic E-state index is -0.514. The average molecular weight is 428 g/mol. The van der Waals surface area contributed by atoms with E-state index in [1.54, 1.807) is 24.5 Å². The van der Waals surface area contributed by atoms with Gasteiger partial charge in [0, 0.05) is 18.0 Å². The third-order valence-electron chi connectivity index (χ3n) is 4.89. The lowest BCUT2D eigenvalue weighted by atomic mass is 9.97. The Morgan fingerprint density at radius 1 is 1.09 bits per heavy atom. The molecule has 0 spiro atoms. The number of carbonyl (C=O) groups excluding carboxylic acids is 1. The number of benzene rings is 1. The molecule has 0 saturated carbocycles. The molecule has 0 amide bonds. The van der Waals surface area contributed by atoms with E-state index in [1.165, 1.54) is 0 Å². The molecule has 0 aliphatic rings. The number of carbonyl (C=O) groups is 1. The van der Waals surface area contributed by atoms with Crippen molar-refractivity contribution >= 4 is 29.2 Å². The fourth-order valence-corrected chi connectivity index (χ4v) is 3.05. The Morgan fingerprint density at radius 3 is 2.62 bits per heavy atom. The second-order valence-corrected chi connectivity index (χ2v) is 8.52. The highest BCUT2D eigenvalue weighted by atomic mass is 16.5. The van der Waals surface area contributed by atoms with Gasteiger partial charge in [-0.1, -0.05) is 30.3 Å². The molecule has 0 fully saturated rings. The van der Waals surface area contributed by atoms with Crippen molar-refractivity contribution in [1.82, 2.24) is 19.9 Å². The van der Waals surface area contributed by atoms with Crippen LogP contribution in [0.15, 0.2) is 59.7 Å². The van der Waals surface area contributed by atoms with E-state index in [9.17, 15) is 9.59 Å². The highest BCUT2D eigenvalue weighted by molar-refractivity contribution is 5.77. The van der Waals surface area contributed by atoms with Gasteiger partial charge in [0.15, 0.2) is 0 Å². The first kappa shape index (κ1) is 21.2. The summed E-state index contributed by atoms with van der Waals surface area (Å²) in [6.07, 6.45) is 7.21. The quantitative estimate of drug-likeness (QED) is 0.454. The molecule has 2 N–H and O–H groups in total. The van der Waals surface area contributed by atoms with Crippen molar-refractivity contribution in [2.75, 3.05) is 0 Å². The number of H-pyrrole nitrogens is 2. The van der Waals surface area contributed by atoms with E-state index in [4.69, 9.17) is 4.74 Å². The summed E-state index contributed by atoms with van der Waals surface area (Å²) < 4.78 is 5.35. The zero-order chi connectivity index (χ0) is 22.7. The molecule has 4 aromatic rings. The summed E-state index contributed by atoms with van der Waals surface area (Å²) in [7, 11) is 0. The summed E-state index contributed by atoms with van der Waals surface area (Å²) in [5, 5.41) is 0.527. The van der Waals surface area contributed by atoms with Crippen molar-refractivity contribution in [2.24, 2.45) is 5.41 Å². The number of aromatic amines is 2. The fraction of sp³-hybridized carbons (Fsp3) is 0.200. The molecular formula is C25H24N4O3. The molecule has 4 rings (SSSR count). The van der Waals surface area contributed by atoms with Gasteiger partial charge in [0.2, 0.25) is 0 Å². The first-order chi connectivity index (χ1) is 15.3. The molecule has 0 bridgehead atoms. The van der Waals surface area contributed by atoms with Crippen LogP contribution >= 0.6 is 0 Å². The van der Waals surface area contributed by atoms with Gasteiger partial charge in [0.25, 0.3) is 5.56 Å². The van der Waals surface area contributed by atoms with E-state index in [0.717, 1.165) is 22.4 Å². The summed E-state index contributed by atoms with van der Waals surface area (Å²) in [4.78, 5) is 38.8. The van der Waals surface area contributed by atoms with Gasteiger partial charge in [0.1, 0.15) is 18.1 Å². The van der Waals surface area contributed by atoms with Gasteiger partial charge >= 0.3 is 5.97 Å². The number of esters is 1. The predicted molar refractivity (Wildman–Crippen MR) is 125 cm³/mol. The summed E-state index contributed by atoms with van der Waals surface area (Å²) in [5.41, 5.74) is 3.26. The van der Waals surface area contributed by atoms with Crippen molar-refractivity contribution in [3.63, 3.8) is 0 Å². The van der Waals surface area contributed by atoms with Crippen LogP contribution < -0.4 is 5.56 Å². The monoisotopic (exact) mass is 428 g/mol. The smallest absolute Gasteiger partial charge is 0.311 e. The van der Waals surface area contributed by atoms with E-state index in [-0.39, 0.29) is 18.1 Å². The minimum absolute atomic E-state index is 0.187. The Bertz CT molecular complexity index is 1340. The Labute approximate surface area is 185 Å².